The zero-order valence-electron chi connectivity index (χ0n) is 10.5. The first-order valence-electron chi connectivity index (χ1n) is 6.39. The van der Waals surface area contributed by atoms with Crippen LogP contribution in [0.4, 0.5) is 0 Å². The second-order valence-corrected chi connectivity index (χ2v) is 4.31. The first-order chi connectivity index (χ1) is 8.86. The number of benzene rings is 1. The molecule has 0 radical (unpaired) electrons. The smallest absolute Gasteiger partial charge is 0.224 e. The average molecular weight is 249 g/mol. The first-order valence-corrected chi connectivity index (χ1v) is 6.39. The van der Waals surface area contributed by atoms with Gasteiger partial charge in [-0.1, -0.05) is 18.2 Å². The minimum atomic E-state index is 0.159. The van der Waals surface area contributed by atoms with Gasteiger partial charge in [0.15, 0.2) is 0 Å². The maximum absolute atomic E-state index is 11.8. The summed E-state index contributed by atoms with van der Waals surface area (Å²) >= 11 is 0. The number of hydrogen-bond donors (Lipinski definition) is 0. The Morgan fingerprint density at radius 1 is 1.33 bits per heavy atom. The standard InChI is InChI=1S/C14H19NO3/c16-14(15-9-5-10-17-12-15)8-4-11-18-13-6-2-1-3-7-13/h1-3,6-7H,4-5,8-12H2. The molecule has 1 aliphatic heterocycles. The monoisotopic (exact) mass is 249 g/mol. The van der Waals surface area contributed by atoms with Crippen LogP contribution in [0.15, 0.2) is 30.3 Å². The summed E-state index contributed by atoms with van der Waals surface area (Å²) in [6.45, 7) is 2.60. The molecule has 1 fully saturated rings. The van der Waals surface area contributed by atoms with Crippen molar-refractivity contribution in [1.82, 2.24) is 4.90 Å². The highest BCUT2D eigenvalue weighted by atomic mass is 16.5. The second kappa shape index (κ2) is 7.01. The van der Waals surface area contributed by atoms with Crippen LogP contribution in [0.1, 0.15) is 19.3 Å². The Bertz CT molecular complexity index is 361. The van der Waals surface area contributed by atoms with Crippen molar-refractivity contribution in [3.05, 3.63) is 30.3 Å². The molecule has 0 spiro atoms. The summed E-state index contributed by atoms with van der Waals surface area (Å²) < 4.78 is 10.8. The molecule has 0 unspecified atom stereocenters. The lowest BCUT2D eigenvalue weighted by atomic mass is 10.2. The van der Waals surface area contributed by atoms with E-state index in [1.807, 2.05) is 30.3 Å². The molecule has 1 aromatic carbocycles. The second-order valence-electron chi connectivity index (χ2n) is 4.31. The maximum atomic E-state index is 11.8. The molecule has 0 bridgehead atoms. The SMILES string of the molecule is O=C(CCCOc1ccccc1)N1CCCOC1. The lowest BCUT2D eigenvalue weighted by molar-refractivity contribution is -0.140. The quantitative estimate of drug-likeness (QED) is 0.750. The van der Waals surface area contributed by atoms with Gasteiger partial charge in [-0.25, -0.2) is 0 Å². The van der Waals surface area contributed by atoms with Gasteiger partial charge in [0.1, 0.15) is 12.5 Å². The summed E-state index contributed by atoms with van der Waals surface area (Å²) in [5.74, 6) is 1.01. The van der Waals surface area contributed by atoms with E-state index in [1.54, 1.807) is 4.90 Å². The van der Waals surface area contributed by atoms with Crippen molar-refractivity contribution in [2.24, 2.45) is 0 Å². The molecule has 1 heterocycles. The zero-order valence-corrected chi connectivity index (χ0v) is 10.5. The van der Waals surface area contributed by atoms with Crippen LogP contribution < -0.4 is 4.74 Å². The Morgan fingerprint density at radius 3 is 2.89 bits per heavy atom. The topological polar surface area (TPSA) is 38.8 Å². The van der Waals surface area contributed by atoms with E-state index in [1.165, 1.54) is 0 Å². The summed E-state index contributed by atoms with van der Waals surface area (Å²) in [6, 6.07) is 9.66. The van der Waals surface area contributed by atoms with Crippen LogP contribution in [-0.4, -0.2) is 37.3 Å². The van der Waals surface area contributed by atoms with Crippen molar-refractivity contribution in [2.75, 3.05) is 26.5 Å². The van der Waals surface area contributed by atoms with Crippen LogP contribution in [-0.2, 0) is 9.53 Å². The summed E-state index contributed by atoms with van der Waals surface area (Å²) in [6.07, 6.45) is 2.20. The van der Waals surface area contributed by atoms with Gasteiger partial charge in [0.25, 0.3) is 0 Å². The minimum absolute atomic E-state index is 0.159. The van der Waals surface area contributed by atoms with Crippen LogP contribution >= 0.6 is 0 Å². The predicted molar refractivity (Wildman–Crippen MR) is 68.3 cm³/mol. The van der Waals surface area contributed by atoms with Crippen LogP contribution in [0, 0.1) is 0 Å². The fourth-order valence-electron chi connectivity index (χ4n) is 1.88. The minimum Gasteiger partial charge on any atom is -0.494 e. The Labute approximate surface area is 107 Å². The number of amides is 1. The third kappa shape index (κ3) is 4.04. The van der Waals surface area contributed by atoms with Gasteiger partial charge in [0.2, 0.25) is 5.91 Å². The van der Waals surface area contributed by atoms with E-state index in [4.69, 9.17) is 9.47 Å². The van der Waals surface area contributed by atoms with Crippen LogP contribution in [0.5, 0.6) is 5.75 Å². The summed E-state index contributed by atoms with van der Waals surface area (Å²) in [4.78, 5) is 13.6. The normalized spacial score (nSPS) is 15.4. The number of carbonyl (C=O) groups excluding carboxylic acids is 1. The van der Waals surface area contributed by atoms with E-state index in [2.05, 4.69) is 0 Å². The maximum Gasteiger partial charge on any atom is 0.224 e. The Hall–Kier alpha value is -1.55. The molecule has 0 atom stereocenters. The molecule has 0 aromatic heterocycles. The molecule has 0 N–H and O–H groups in total. The van der Waals surface area contributed by atoms with Gasteiger partial charge in [-0.2, -0.15) is 0 Å². The predicted octanol–water partition coefficient (Wildman–Crippen LogP) is 2.05. The van der Waals surface area contributed by atoms with Gasteiger partial charge >= 0.3 is 0 Å². The number of nitrogens with zero attached hydrogens (tertiary/aromatic N) is 1. The van der Waals surface area contributed by atoms with E-state index in [9.17, 15) is 4.79 Å². The van der Waals surface area contributed by atoms with Crippen molar-refractivity contribution in [2.45, 2.75) is 19.3 Å². The van der Waals surface area contributed by atoms with Crippen molar-refractivity contribution in [3.8, 4) is 5.75 Å². The number of rotatable bonds is 5. The molecule has 1 aliphatic rings. The highest BCUT2D eigenvalue weighted by Crippen LogP contribution is 2.10. The van der Waals surface area contributed by atoms with E-state index < -0.39 is 0 Å². The molecule has 2 rings (SSSR count). The molecule has 0 saturated carbocycles. The fraction of sp³-hybridized carbons (Fsp3) is 0.500. The summed E-state index contributed by atoms with van der Waals surface area (Å²) in [5.41, 5.74) is 0. The van der Waals surface area contributed by atoms with Gasteiger partial charge in [0.05, 0.1) is 13.2 Å². The van der Waals surface area contributed by atoms with E-state index in [0.29, 0.717) is 19.8 Å². The van der Waals surface area contributed by atoms with Crippen molar-refractivity contribution in [1.29, 1.82) is 0 Å². The lowest BCUT2D eigenvalue weighted by Gasteiger charge is -2.26. The van der Waals surface area contributed by atoms with E-state index >= 15 is 0 Å². The first kappa shape index (κ1) is 12.9. The highest BCUT2D eigenvalue weighted by Gasteiger charge is 2.15. The van der Waals surface area contributed by atoms with Gasteiger partial charge < -0.3 is 14.4 Å². The fourth-order valence-corrected chi connectivity index (χ4v) is 1.88. The van der Waals surface area contributed by atoms with Crippen molar-refractivity contribution >= 4 is 5.91 Å². The summed E-state index contributed by atoms with van der Waals surface area (Å²) in [7, 11) is 0. The molecule has 4 heteroatoms. The average Bonchev–Trinajstić information content (AvgIpc) is 2.45. The number of ether oxygens (including phenoxy) is 2. The van der Waals surface area contributed by atoms with Gasteiger partial charge in [0, 0.05) is 13.0 Å². The van der Waals surface area contributed by atoms with E-state index in [-0.39, 0.29) is 5.91 Å². The third-order valence-corrected chi connectivity index (χ3v) is 2.86. The number of para-hydroxylation sites is 1. The molecule has 98 valence electrons. The van der Waals surface area contributed by atoms with Gasteiger partial charge in [-0.05, 0) is 25.0 Å². The Balaban J connectivity index is 1.61. The van der Waals surface area contributed by atoms with Crippen LogP contribution in [0.3, 0.4) is 0 Å². The Kier molecular flexibility index (Phi) is 5.02. The molecule has 18 heavy (non-hydrogen) atoms. The van der Waals surface area contributed by atoms with Crippen molar-refractivity contribution in [3.63, 3.8) is 0 Å². The highest BCUT2D eigenvalue weighted by molar-refractivity contribution is 5.76. The molecule has 1 aromatic rings. The Morgan fingerprint density at radius 2 is 2.17 bits per heavy atom. The molecule has 1 saturated heterocycles. The number of carbonyl (C=O) groups is 1. The van der Waals surface area contributed by atoms with Crippen LogP contribution in [0.25, 0.3) is 0 Å². The number of hydrogen-bond acceptors (Lipinski definition) is 3. The van der Waals surface area contributed by atoms with Gasteiger partial charge in [-0.15, -0.1) is 0 Å². The molecular weight excluding hydrogens is 230 g/mol. The third-order valence-electron chi connectivity index (χ3n) is 2.86. The molecule has 1 amide bonds. The molecule has 4 nitrogen and oxygen atoms in total. The largest absolute Gasteiger partial charge is 0.494 e. The van der Waals surface area contributed by atoms with E-state index in [0.717, 1.165) is 31.7 Å². The lowest BCUT2D eigenvalue weighted by Crippen LogP contribution is -2.38. The molecule has 0 aliphatic carbocycles. The van der Waals surface area contributed by atoms with Crippen LogP contribution in [0.2, 0.25) is 0 Å². The zero-order chi connectivity index (χ0) is 12.6. The molecular formula is C14H19NO3. The van der Waals surface area contributed by atoms with Gasteiger partial charge in [-0.3, -0.25) is 4.79 Å². The summed E-state index contributed by atoms with van der Waals surface area (Å²) in [5, 5.41) is 0. The van der Waals surface area contributed by atoms with Crippen molar-refractivity contribution < 1.29 is 14.3 Å².